The minimum Gasteiger partial charge on any atom is -0.378 e. The zero-order chi connectivity index (χ0) is 14.2. The van der Waals surface area contributed by atoms with Crippen molar-refractivity contribution in [2.45, 2.75) is 18.8 Å². The Morgan fingerprint density at radius 3 is 2.86 bits per heavy atom. The number of thiazole rings is 1. The van der Waals surface area contributed by atoms with E-state index in [9.17, 15) is 4.79 Å². The topological polar surface area (TPSA) is 67.4 Å². The number of pyridine rings is 1. The Balaban J connectivity index is 1.73. The van der Waals surface area contributed by atoms with Crippen LogP contribution in [0, 0.1) is 0 Å². The molecule has 0 spiro atoms. The molecule has 0 unspecified atom stereocenters. The third-order valence-corrected chi connectivity index (χ3v) is 4.91. The fourth-order valence-electron chi connectivity index (χ4n) is 2.60. The second kappa shape index (κ2) is 5.23. The summed E-state index contributed by atoms with van der Waals surface area (Å²) in [5.74, 6) is 0.477. The summed E-state index contributed by atoms with van der Waals surface area (Å²) in [6.07, 6.45) is 3.01. The van der Waals surface area contributed by atoms with Crippen LogP contribution in [0.5, 0.6) is 0 Å². The summed E-state index contributed by atoms with van der Waals surface area (Å²) >= 11 is 1.63. The number of hydrogen-bond donors (Lipinski definition) is 1. The molecule has 2 aromatic heterocycles. The maximum Gasteiger partial charge on any atom is 0.211 e. The van der Waals surface area contributed by atoms with E-state index in [2.05, 4.69) is 15.2 Å². The van der Waals surface area contributed by atoms with Gasteiger partial charge in [0, 0.05) is 19.0 Å². The number of ether oxygens (including phenoxy) is 1. The van der Waals surface area contributed by atoms with E-state index in [0.717, 1.165) is 72.4 Å². The molecule has 4 rings (SSSR count). The van der Waals surface area contributed by atoms with Gasteiger partial charge in [-0.2, -0.15) is 4.98 Å². The van der Waals surface area contributed by atoms with Gasteiger partial charge in [-0.1, -0.05) is 11.3 Å². The van der Waals surface area contributed by atoms with Gasteiger partial charge in [-0.3, -0.25) is 4.79 Å². The predicted octanol–water partition coefficient (Wildman–Crippen LogP) is 1.97. The number of fused-ring (bicyclic) bond motifs is 1. The molecule has 1 aliphatic heterocycles. The first-order valence-corrected chi connectivity index (χ1v) is 8.01. The molecule has 1 saturated carbocycles. The highest BCUT2D eigenvalue weighted by Gasteiger charge is 2.29. The van der Waals surface area contributed by atoms with Gasteiger partial charge in [0.05, 0.1) is 29.3 Å². The first kappa shape index (κ1) is 13.0. The molecule has 1 aliphatic carbocycles. The van der Waals surface area contributed by atoms with Gasteiger partial charge in [0.1, 0.15) is 0 Å². The second-order valence-corrected chi connectivity index (χ2v) is 6.38. The van der Waals surface area contributed by atoms with Gasteiger partial charge in [0.2, 0.25) is 6.41 Å². The highest BCUT2D eigenvalue weighted by molar-refractivity contribution is 7.22. The van der Waals surface area contributed by atoms with Crippen LogP contribution in [0.1, 0.15) is 24.5 Å². The summed E-state index contributed by atoms with van der Waals surface area (Å²) in [6.45, 7) is 3.23. The summed E-state index contributed by atoms with van der Waals surface area (Å²) in [5.41, 5.74) is 2.60. The van der Waals surface area contributed by atoms with Gasteiger partial charge in [-0.25, -0.2) is 4.98 Å². The zero-order valence-corrected chi connectivity index (χ0v) is 12.4. The minimum atomic E-state index is 0.477. The number of amides is 1. The van der Waals surface area contributed by atoms with Crippen molar-refractivity contribution in [3.8, 4) is 0 Å². The van der Waals surface area contributed by atoms with Crippen molar-refractivity contribution in [2.24, 2.45) is 0 Å². The van der Waals surface area contributed by atoms with Crippen LogP contribution in [-0.4, -0.2) is 42.7 Å². The number of aromatic nitrogens is 2. The highest BCUT2D eigenvalue weighted by atomic mass is 32.1. The Hall–Kier alpha value is -1.73. The molecule has 0 atom stereocenters. The van der Waals surface area contributed by atoms with Crippen LogP contribution in [0.2, 0.25) is 0 Å². The molecule has 21 heavy (non-hydrogen) atoms. The molecule has 7 heteroatoms. The molecule has 0 radical (unpaired) electrons. The Kier molecular flexibility index (Phi) is 3.23. The quantitative estimate of drug-likeness (QED) is 0.875. The van der Waals surface area contributed by atoms with Crippen LogP contribution in [0.3, 0.4) is 0 Å². The van der Waals surface area contributed by atoms with Crippen molar-refractivity contribution in [3.05, 3.63) is 11.8 Å². The van der Waals surface area contributed by atoms with Gasteiger partial charge in [0.15, 0.2) is 10.8 Å². The van der Waals surface area contributed by atoms with Crippen molar-refractivity contribution in [2.75, 3.05) is 36.5 Å². The SMILES string of the molecule is O=CNc1cc2sc(N3CCOCC3)nc2nc1C1CC1. The van der Waals surface area contributed by atoms with E-state index < -0.39 is 0 Å². The third-order valence-electron chi connectivity index (χ3n) is 3.86. The van der Waals surface area contributed by atoms with E-state index in [4.69, 9.17) is 9.72 Å². The molecule has 2 aromatic rings. The van der Waals surface area contributed by atoms with Crippen LogP contribution >= 0.6 is 11.3 Å². The molecule has 3 heterocycles. The van der Waals surface area contributed by atoms with E-state index in [1.165, 1.54) is 0 Å². The number of morpholine rings is 1. The lowest BCUT2D eigenvalue weighted by Gasteiger charge is -2.25. The summed E-state index contributed by atoms with van der Waals surface area (Å²) in [6, 6.07) is 2.01. The lowest BCUT2D eigenvalue weighted by atomic mass is 10.2. The molecule has 1 saturated heterocycles. The van der Waals surface area contributed by atoms with Gasteiger partial charge < -0.3 is 15.0 Å². The minimum absolute atomic E-state index is 0.477. The third kappa shape index (κ3) is 2.47. The number of carbonyl (C=O) groups excluding carboxylic acids is 1. The number of rotatable bonds is 4. The monoisotopic (exact) mass is 304 g/mol. The number of hydrogen-bond acceptors (Lipinski definition) is 6. The predicted molar refractivity (Wildman–Crippen MR) is 82.1 cm³/mol. The first-order chi connectivity index (χ1) is 10.3. The molecule has 0 bridgehead atoms. The number of anilines is 2. The van der Waals surface area contributed by atoms with Gasteiger partial charge in [0.25, 0.3) is 0 Å². The van der Waals surface area contributed by atoms with Crippen molar-refractivity contribution in [1.29, 1.82) is 0 Å². The lowest BCUT2D eigenvalue weighted by molar-refractivity contribution is -0.105. The molecular weight excluding hydrogens is 288 g/mol. The summed E-state index contributed by atoms with van der Waals surface area (Å²) in [5, 5.41) is 3.77. The normalized spacial score (nSPS) is 19.0. The molecule has 6 nitrogen and oxygen atoms in total. The summed E-state index contributed by atoms with van der Waals surface area (Å²) < 4.78 is 6.39. The lowest BCUT2D eigenvalue weighted by Crippen LogP contribution is -2.36. The zero-order valence-electron chi connectivity index (χ0n) is 11.5. The van der Waals surface area contributed by atoms with Crippen molar-refractivity contribution >= 4 is 38.9 Å². The van der Waals surface area contributed by atoms with E-state index in [1.54, 1.807) is 11.3 Å². The van der Waals surface area contributed by atoms with Crippen LogP contribution in [0.25, 0.3) is 10.3 Å². The fraction of sp³-hybridized carbons (Fsp3) is 0.500. The van der Waals surface area contributed by atoms with E-state index in [1.807, 2.05) is 6.07 Å². The summed E-state index contributed by atoms with van der Waals surface area (Å²) in [4.78, 5) is 22.4. The van der Waals surface area contributed by atoms with Gasteiger partial charge >= 0.3 is 0 Å². The fourth-order valence-corrected chi connectivity index (χ4v) is 3.60. The van der Waals surface area contributed by atoms with Crippen LogP contribution in [0.4, 0.5) is 10.8 Å². The molecule has 110 valence electrons. The molecule has 1 amide bonds. The average Bonchev–Trinajstić information content (AvgIpc) is 3.27. The maximum absolute atomic E-state index is 10.8. The smallest absolute Gasteiger partial charge is 0.211 e. The molecule has 1 N–H and O–H groups in total. The van der Waals surface area contributed by atoms with Crippen molar-refractivity contribution < 1.29 is 9.53 Å². The first-order valence-electron chi connectivity index (χ1n) is 7.19. The molecule has 0 aromatic carbocycles. The Morgan fingerprint density at radius 2 is 2.14 bits per heavy atom. The molecular formula is C14H16N4O2S. The standard InChI is InChI=1S/C14H16N4O2S/c19-8-15-10-7-11-13(16-12(10)9-1-2-9)17-14(21-11)18-3-5-20-6-4-18/h7-9H,1-6H2,(H,15,19). The van der Waals surface area contributed by atoms with Crippen LogP contribution < -0.4 is 10.2 Å². The average molecular weight is 304 g/mol. The maximum atomic E-state index is 10.8. The Bertz CT molecular complexity index is 677. The Labute approximate surface area is 126 Å². The second-order valence-electron chi connectivity index (χ2n) is 5.38. The van der Waals surface area contributed by atoms with Crippen LogP contribution in [-0.2, 0) is 9.53 Å². The van der Waals surface area contributed by atoms with E-state index in [0.29, 0.717) is 5.92 Å². The number of nitrogens with one attached hydrogen (secondary N) is 1. The van der Waals surface area contributed by atoms with Crippen LogP contribution in [0.15, 0.2) is 6.07 Å². The van der Waals surface area contributed by atoms with E-state index >= 15 is 0 Å². The summed E-state index contributed by atoms with van der Waals surface area (Å²) in [7, 11) is 0. The van der Waals surface area contributed by atoms with E-state index in [-0.39, 0.29) is 0 Å². The van der Waals surface area contributed by atoms with Crippen molar-refractivity contribution in [3.63, 3.8) is 0 Å². The molecule has 2 aliphatic rings. The highest BCUT2D eigenvalue weighted by Crippen LogP contribution is 2.44. The number of nitrogens with zero attached hydrogens (tertiary/aromatic N) is 3. The Morgan fingerprint density at radius 1 is 1.33 bits per heavy atom. The van der Waals surface area contributed by atoms with Gasteiger partial charge in [-0.05, 0) is 18.9 Å². The number of carbonyl (C=O) groups is 1. The van der Waals surface area contributed by atoms with Gasteiger partial charge in [-0.15, -0.1) is 0 Å². The largest absolute Gasteiger partial charge is 0.378 e. The molecule has 2 fully saturated rings. The van der Waals surface area contributed by atoms with Crippen molar-refractivity contribution in [1.82, 2.24) is 9.97 Å².